The van der Waals surface area contributed by atoms with Crippen molar-refractivity contribution in [3.05, 3.63) is 35.9 Å². The lowest BCUT2D eigenvalue weighted by Gasteiger charge is -2.43. The Morgan fingerprint density at radius 3 is 1.93 bits per heavy atom. The SMILES string of the molecule is CC[C@H](C)[C@@H]([C@@H](CC(=O)N1CCC[C@H]1[C@H](OC)[C@@H](C)C(=O)N[C@@H](Cc1ccccc1)C(=O)C(C)(C)C)OC)N(C)C(=O)[C@@H](NC(=O)C(C(C)C)N(C)C(C)(C)CC)C(C)C. The molecule has 9 atom stereocenters. The number of ketones is 1. The molecule has 1 aromatic rings. The lowest BCUT2D eigenvalue weighted by atomic mass is 9.83. The zero-order chi connectivity index (χ0) is 45.9. The lowest BCUT2D eigenvalue weighted by Crippen LogP contribution is -2.61. The van der Waals surface area contributed by atoms with Gasteiger partial charge < -0.3 is 29.9 Å². The van der Waals surface area contributed by atoms with E-state index >= 15 is 0 Å². The summed E-state index contributed by atoms with van der Waals surface area (Å²) in [4.78, 5) is 76.1. The Kier molecular flexibility index (Phi) is 20.4. The molecule has 60 heavy (non-hydrogen) atoms. The van der Waals surface area contributed by atoms with Gasteiger partial charge in [0.2, 0.25) is 23.6 Å². The van der Waals surface area contributed by atoms with E-state index in [1.165, 1.54) is 0 Å². The first-order valence-electron chi connectivity index (χ1n) is 22.4. The fourth-order valence-corrected chi connectivity index (χ4v) is 8.71. The number of benzene rings is 1. The van der Waals surface area contributed by atoms with Gasteiger partial charge in [-0.15, -0.1) is 0 Å². The van der Waals surface area contributed by atoms with Gasteiger partial charge in [-0.2, -0.15) is 0 Å². The van der Waals surface area contributed by atoms with Crippen molar-refractivity contribution in [2.75, 3.05) is 34.9 Å². The predicted octanol–water partition coefficient (Wildman–Crippen LogP) is 6.54. The Morgan fingerprint density at radius 2 is 1.45 bits per heavy atom. The van der Waals surface area contributed by atoms with Gasteiger partial charge in [0.25, 0.3) is 0 Å². The molecule has 0 aliphatic carbocycles. The molecule has 12 heteroatoms. The van der Waals surface area contributed by atoms with E-state index in [2.05, 4.69) is 50.2 Å². The monoisotopic (exact) mass is 842 g/mol. The minimum absolute atomic E-state index is 0.0110. The van der Waals surface area contributed by atoms with Crippen LogP contribution in [-0.4, -0.2) is 127 Å². The highest BCUT2D eigenvalue weighted by molar-refractivity contribution is 5.93. The average Bonchev–Trinajstić information content (AvgIpc) is 3.68. The van der Waals surface area contributed by atoms with Gasteiger partial charge in [0.15, 0.2) is 5.78 Å². The Balaban J connectivity index is 2.35. The molecule has 1 saturated heterocycles. The summed E-state index contributed by atoms with van der Waals surface area (Å²) >= 11 is 0. The standard InChI is InChI=1S/C48H83N5O7/c1-18-32(7)41(51(14)46(58)39(30(3)4)50-45(57)40(31(5)6)52(15)48(12,13)19-2)37(59-16)29-38(54)53-27-23-26-36(53)42(60-17)33(8)44(56)49-35(43(55)47(9,10)11)28-34-24-21-20-22-25-34/h20-22,24-25,30-33,35-37,39-42H,18-19,23,26-29H2,1-17H3,(H,49,56)(H,50,57)/t32-,33+,35-,36-,37+,39-,40?,41-,42+/m0/s1. The summed E-state index contributed by atoms with van der Waals surface area (Å²) in [5.74, 6) is -1.82. The highest BCUT2D eigenvalue weighted by Gasteiger charge is 2.44. The maximum atomic E-state index is 14.5. The molecule has 1 heterocycles. The molecule has 0 bridgehead atoms. The van der Waals surface area contributed by atoms with Crippen LogP contribution in [0.1, 0.15) is 128 Å². The van der Waals surface area contributed by atoms with Crippen LogP contribution in [0.2, 0.25) is 0 Å². The molecule has 1 aliphatic heterocycles. The average molecular weight is 842 g/mol. The molecule has 2 rings (SSSR count). The molecule has 1 aromatic carbocycles. The fourth-order valence-electron chi connectivity index (χ4n) is 8.71. The fraction of sp³-hybridized carbons (Fsp3) is 0.771. The van der Waals surface area contributed by atoms with Crippen LogP contribution in [0.3, 0.4) is 0 Å². The van der Waals surface area contributed by atoms with Crippen molar-refractivity contribution in [2.24, 2.45) is 29.1 Å². The van der Waals surface area contributed by atoms with Crippen LogP contribution in [0.25, 0.3) is 0 Å². The van der Waals surface area contributed by atoms with E-state index in [0.29, 0.717) is 19.4 Å². The van der Waals surface area contributed by atoms with Gasteiger partial charge in [-0.1, -0.05) is 113 Å². The lowest BCUT2D eigenvalue weighted by molar-refractivity contribution is -0.148. The molecule has 2 N–H and O–H groups in total. The van der Waals surface area contributed by atoms with Gasteiger partial charge in [0, 0.05) is 38.8 Å². The van der Waals surface area contributed by atoms with E-state index < -0.39 is 47.7 Å². The van der Waals surface area contributed by atoms with Crippen molar-refractivity contribution < 1.29 is 33.4 Å². The summed E-state index contributed by atoms with van der Waals surface area (Å²) in [6.45, 7) is 26.2. The summed E-state index contributed by atoms with van der Waals surface area (Å²) in [6, 6.07) is 6.85. The van der Waals surface area contributed by atoms with E-state index in [-0.39, 0.29) is 65.2 Å². The second-order valence-corrected chi connectivity index (χ2v) is 19.7. The molecule has 0 aromatic heterocycles. The number of rotatable bonds is 23. The largest absolute Gasteiger partial charge is 0.379 e. The zero-order valence-electron chi connectivity index (χ0n) is 40.4. The van der Waals surface area contributed by atoms with E-state index in [0.717, 1.165) is 24.8 Å². The van der Waals surface area contributed by atoms with E-state index in [9.17, 15) is 24.0 Å². The number of carbonyl (C=O) groups excluding carboxylic acids is 5. The number of nitrogens with zero attached hydrogens (tertiary/aromatic N) is 3. The number of nitrogens with one attached hydrogen (secondary N) is 2. The molecule has 342 valence electrons. The minimum atomic E-state index is -0.786. The normalized spacial score (nSPS) is 19.0. The van der Waals surface area contributed by atoms with Crippen molar-refractivity contribution in [1.82, 2.24) is 25.3 Å². The second kappa shape index (κ2) is 23.2. The molecule has 0 saturated carbocycles. The summed E-state index contributed by atoms with van der Waals surface area (Å²) in [6.07, 6.45) is 2.10. The minimum Gasteiger partial charge on any atom is -0.379 e. The number of methoxy groups -OCH3 is 2. The summed E-state index contributed by atoms with van der Waals surface area (Å²) in [5.41, 5.74) is 0.0572. The Hall–Kier alpha value is -3.35. The highest BCUT2D eigenvalue weighted by Crippen LogP contribution is 2.31. The van der Waals surface area contributed by atoms with Crippen LogP contribution in [0.15, 0.2) is 30.3 Å². The van der Waals surface area contributed by atoms with Crippen molar-refractivity contribution in [1.29, 1.82) is 0 Å². The van der Waals surface area contributed by atoms with Gasteiger partial charge in [-0.25, -0.2) is 0 Å². The summed E-state index contributed by atoms with van der Waals surface area (Å²) in [7, 11) is 6.85. The number of ether oxygens (including phenoxy) is 2. The second-order valence-electron chi connectivity index (χ2n) is 19.7. The van der Waals surface area contributed by atoms with Crippen LogP contribution >= 0.6 is 0 Å². The number of amides is 4. The number of hydrogen-bond acceptors (Lipinski definition) is 8. The van der Waals surface area contributed by atoms with Crippen LogP contribution < -0.4 is 10.6 Å². The van der Waals surface area contributed by atoms with Crippen molar-refractivity contribution in [3.8, 4) is 0 Å². The molecule has 1 aliphatic rings. The molecular formula is C48H83N5O7. The number of hydrogen-bond donors (Lipinski definition) is 2. The number of carbonyl (C=O) groups is 5. The Labute approximate surface area is 363 Å². The highest BCUT2D eigenvalue weighted by atomic mass is 16.5. The quantitative estimate of drug-likeness (QED) is 0.127. The molecular weight excluding hydrogens is 759 g/mol. The summed E-state index contributed by atoms with van der Waals surface area (Å²) in [5, 5.41) is 6.19. The molecule has 1 fully saturated rings. The van der Waals surface area contributed by atoms with E-state index in [4.69, 9.17) is 9.47 Å². The van der Waals surface area contributed by atoms with Crippen LogP contribution in [0.5, 0.6) is 0 Å². The third kappa shape index (κ3) is 13.6. The third-order valence-corrected chi connectivity index (χ3v) is 13.3. The molecule has 1 unspecified atom stereocenters. The van der Waals surface area contributed by atoms with Crippen molar-refractivity contribution in [3.63, 3.8) is 0 Å². The van der Waals surface area contributed by atoms with Crippen LogP contribution in [0, 0.1) is 29.1 Å². The first-order chi connectivity index (χ1) is 27.9. The molecule has 0 spiro atoms. The van der Waals surface area contributed by atoms with Gasteiger partial charge in [0.1, 0.15) is 6.04 Å². The smallest absolute Gasteiger partial charge is 0.245 e. The topological polar surface area (TPSA) is 138 Å². The van der Waals surface area contributed by atoms with E-state index in [1.807, 2.05) is 85.8 Å². The zero-order valence-corrected chi connectivity index (χ0v) is 40.4. The number of likely N-dealkylation sites (N-methyl/N-ethyl adjacent to an activating group) is 2. The summed E-state index contributed by atoms with van der Waals surface area (Å²) < 4.78 is 12.1. The van der Waals surface area contributed by atoms with Crippen molar-refractivity contribution in [2.45, 2.75) is 176 Å². The number of Topliss-reactive ketones (excluding diaryl/α,β-unsaturated/α-hetero) is 1. The maximum absolute atomic E-state index is 14.5. The predicted molar refractivity (Wildman–Crippen MR) is 240 cm³/mol. The van der Waals surface area contributed by atoms with Gasteiger partial charge in [0.05, 0.1) is 48.7 Å². The van der Waals surface area contributed by atoms with E-state index in [1.54, 1.807) is 38.0 Å². The molecule has 0 radical (unpaired) electrons. The van der Waals surface area contributed by atoms with Gasteiger partial charge in [-0.3, -0.25) is 28.9 Å². The van der Waals surface area contributed by atoms with Gasteiger partial charge in [-0.05, 0) is 69.9 Å². The first-order valence-corrected chi connectivity index (χ1v) is 22.4. The third-order valence-electron chi connectivity index (χ3n) is 13.3. The Bertz CT molecular complexity index is 1540. The van der Waals surface area contributed by atoms with Crippen molar-refractivity contribution >= 4 is 29.4 Å². The first kappa shape index (κ1) is 52.8. The van der Waals surface area contributed by atoms with Crippen LogP contribution in [-0.2, 0) is 39.9 Å². The van der Waals surface area contributed by atoms with Gasteiger partial charge >= 0.3 is 0 Å². The van der Waals surface area contributed by atoms with Crippen LogP contribution in [0.4, 0.5) is 0 Å². The molecule has 4 amide bonds. The molecule has 12 nitrogen and oxygen atoms in total. The maximum Gasteiger partial charge on any atom is 0.245 e. The Morgan fingerprint density at radius 1 is 0.850 bits per heavy atom. The number of likely N-dealkylation sites (tertiary alicyclic amines) is 1.